The Bertz CT molecular complexity index is 945. The molecule has 0 bridgehead atoms. The fraction of sp³-hybridized carbons (Fsp3) is 0.286. The van der Waals surface area contributed by atoms with Crippen molar-refractivity contribution in [2.24, 2.45) is 0 Å². The van der Waals surface area contributed by atoms with Crippen molar-refractivity contribution in [1.29, 1.82) is 0 Å². The summed E-state index contributed by atoms with van der Waals surface area (Å²) in [5.41, 5.74) is 0.931. The number of urea groups is 1. The predicted octanol–water partition coefficient (Wildman–Crippen LogP) is 2.91. The first-order valence-electron chi connectivity index (χ1n) is 9.17. The third kappa shape index (κ3) is 3.98. The zero-order valence-electron chi connectivity index (χ0n) is 15.8. The number of amides is 2. The highest BCUT2D eigenvalue weighted by Crippen LogP contribution is 2.21. The minimum absolute atomic E-state index is 0.204. The first-order valence-corrected chi connectivity index (χ1v) is 9.17. The van der Waals surface area contributed by atoms with E-state index in [1.54, 1.807) is 19.1 Å². The highest BCUT2D eigenvalue weighted by molar-refractivity contribution is 6.04. The maximum absolute atomic E-state index is 12.6. The van der Waals surface area contributed by atoms with Crippen LogP contribution in [0.1, 0.15) is 30.6 Å². The molecule has 0 aliphatic carbocycles. The van der Waals surface area contributed by atoms with E-state index in [1.807, 2.05) is 37.3 Å². The van der Waals surface area contributed by atoms with Crippen molar-refractivity contribution in [2.45, 2.75) is 26.3 Å². The van der Waals surface area contributed by atoms with E-state index in [0.717, 1.165) is 10.8 Å². The quantitative estimate of drug-likeness (QED) is 0.750. The summed E-state index contributed by atoms with van der Waals surface area (Å²) in [7, 11) is 0. The Morgan fingerprint density at radius 2 is 1.75 bits per heavy atom. The van der Waals surface area contributed by atoms with Crippen LogP contribution < -0.4 is 10.6 Å². The monoisotopic (exact) mass is 382 g/mol. The normalized spacial score (nSPS) is 16.4. The third-order valence-corrected chi connectivity index (χ3v) is 4.50. The number of benzene rings is 2. The summed E-state index contributed by atoms with van der Waals surface area (Å²) >= 11 is 0. The summed E-state index contributed by atoms with van der Waals surface area (Å²) in [4.78, 5) is 36.9. The van der Waals surface area contributed by atoms with Crippen LogP contribution in [-0.4, -0.2) is 37.2 Å². The molecule has 0 aromatic heterocycles. The molecule has 0 saturated carbocycles. The Hall–Kier alpha value is -3.35. The van der Waals surface area contributed by atoms with Crippen LogP contribution in [-0.2, 0) is 14.3 Å². The predicted molar refractivity (Wildman–Crippen MR) is 104 cm³/mol. The van der Waals surface area contributed by atoms with Gasteiger partial charge in [-0.25, -0.2) is 14.4 Å². The number of carbonyl (C=O) groups is 3. The molecule has 2 amide bonds. The molecular formula is C21H22N2O5. The van der Waals surface area contributed by atoms with Gasteiger partial charge >= 0.3 is 18.0 Å². The number of hydrogen-bond acceptors (Lipinski definition) is 5. The molecule has 0 unspecified atom stereocenters. The van der Waals surface area contributed by atoms with Gasteiger partial charge in [0.2, 0.25) is 0 Å². The van der Waals surface area contributed by atoms with Crippen LogP contribution in [0.2, 0.25) is 0 Å². The lowest BCUT2D eigenvalue weighted by atomic mass is 10.0. The van der Waals surface area contributed by atoms with E-state index < -0.39 is 24.0 Å². The molecule has 1 atom stereocenters. The molecule has 0 radical (unpaired) electrons. The van der Waals surface area contributed by atoms with E-state index in [9.17, 15) is 14.4 Å². The summed E-state index contributed by atoms with van der Waals surface area (Å²) in [6.07, 6.45) is 0.502. The molecule has 2 aromatic carbocycles. The SMILES string of the molecule is CCOC(=O)C1=C(COC(=O)c2cccc3ccccc23)NC(=O)N[C@H]1CC. The number of nitrogens with one attached hydrogen (secondary N) is 2. The zero-order valence-corrected chi connectivity index (χ0v) is 15.8. The molecule has 0 spiro atoms. The zero-order chi connectivity index (χ0) is 20.1. The molecule has 1 heterocycles. The average molecular weight is 382 g/mol. The van der Waals surface area contributed by atoms with Gasteiger partial charge in [0.05, 0.1) is 29.5 Å². The summed E-state index contributed by atoms with van der Waals surface area (Å²) in [6, 6.07) is 11.9. The van der Waals surface area contributed by atoms with E-state index in [4.69, 9.17) is 9.47 Å². The topological polar surface area (TPSA) is 93.7 Å². The summed E-state index contributed by atoms with van der Waals surface area (Å²) in [6.45, 7) is 3.51. The van der Waals surface area contributed by atoms with Crippen molar-refractivity contribution in [3.05, 3.63) is 59.3 Å². The molecule has 146 valence electrons. The smallest absolute Gasteiger partial charge is 0.339 e. The number of ether oxygens (including phenoxy) is 2. The fourth-order valence-corrected chi connectivity index (χ4v) is 3.19. The molecule has 1 aliphatic heterocycles. The van der Waals surface area contributed by atoms with Gasteiger partial charge in [-0.15, -0.1) is 0 Å². The molecule has 0 saturated heterocycles. The van der Waals surface area contributed by atoms with E-state index in [2.05, 4.69) is 10.6 Å². The third-order valence-electron chi connectivity index (χ3n) is 4.50. The van der Waals surface area contributed by atoms with Gasteiger partial charge in [0.1, 0.15) is 6.61 Å². The minimum atomic E-state index is -0.543. The van der Waals surface area contributed by atoms with Crippen LogP contribution in [0.5, 0.6) is 0 Å². The number of esters is 2. The molecule has 7 heteroatoms. The van der Waals surface area contributed by atoms with Gasteiger partial charge in [-0.2, -0.15) is 0 Å². The van der Waals surface area contributed by atoms with E-state index in [0.29, 0.717) is 12.0 Å². The van der Waals surface area contributed by atoms with Gasteiger partial charge in [-0.3, -0.25) is 0 Å². The molecule has 0 fully saturated rings. The van der Waals surface area contributed by atoms with E-state index in [-0.39, 0.29) is 24.5 Å². The minimum Gasteiger partial charge on any atom is -0.463 e. The van der Waals surface area contributed by atoms with Crippen LogP contribution in [0.25, 0.3) is 10.8 Å². The van der Waals surface area contributed by atoms with Crippen LogP contribution in [0.15, 0.2) is 53.7 Å². The summed E-state index contributed by atoms with van der Waals surface area (Å²) in [5, 5.41) is 6.94. The van der Waals surface area contributed by atoms with Gasteiger partial charge in [0.15, 0.2) is 0 Å². The standard InChI is InChI=1S/C21H22N2O5/c1-3-16-18(20(25)27-4-2)17(23-21(26)22-16)12-28-19(24)15-11-7-9-13-8-5-6-10-14(13)15/h5-11,16H,3-4,12H2,1-2H3,(H2,22,23,26)/t16-/m0/s1. The van der Waals surface area contributed by atoms with Crippen molar-refractivity contribution in [3.63, 3.8) is 0 Å². The van der Waals surface area contributed by atoms with E-state index >= 15 is 0 Å². The first kappa shape index (κ1) is 19.4. The molecule has 3 rings (SSSR count). The maximum Gasteiger partial charge on any atom is 0.339 e. The second kappa shape index (κ2) is 8.56. The van der Waals surface area contributed by atoms with E-state index in [1.165, 1.54) is 0 Å². The lowest BCUT2D eigenvalue weighted by Crippen LogP contribution is -2.51. The lowest BCUT2D eigenvalue weighted by molar-refractivity contribution is -0.139. The van der Waals surface area contributed by atoms with Crippen LogP contribution >= 0.6 is 0 Å². The van der Waals surface area contributed by atoms with Gasteiger partial charge in [-0.1, -0.05) is 43.3 Å². The largest absolute Gasteiger partial charge is 0.463 e. The van der Waals surface area contributed by atoms with Gasteiger partial charge in [0.25, 0.3) is 0 Å². The number of hydrogen-bond donors (Lipinski definition) is 2. The average Bonchev–Trinajstić information content (AvgIpc) is 2.71. The number of carbonyl (C=O) groups excluding carboxylic acids is 3. The van der Waals surface area contributed by atoms with Crippen molar-refractivity contribution in [3.8, 4) is 0 Å². The Kier molecular flexibility index (Phi) is 5.93. The van der Waals surface area contributed by atoms with Crippen LogP contribution in [0.3, 0.4) is 0 Å². The van der Waals surface area contributed by atoms with Gasteiger partial charge in [0, 0.05) is 0 Å². The fourth-order valence-electron chi connectivity index (χ4n) is 3.19. The van der Waals surface area contributed by atoms with Gasteiger partial charge < -0.3 is 20.1 Å². The lowest BCUT2D eigenvalue weighted by Gasteiger charge is -2.28. The first-order chi connectivity index (χ1) is 13.5. The van der Waals surface area contributed by atoms with Crippen LogP contribution in [0, 0.1) is 0 Å². The maximum atomic E-state index is 12.6. The molecular weight excluding hydrogens is 360 g/mol. The van der Waals surface area contributed by atoms with Crippen molar-refractivity contribution in [2.75, 3.05) is 13.2 Å². The molecule has 2 N–H and O–H groups in total. The number of fused-ring (bicyclic) bond motifs is 1. The number of rotatable bonds is 6. The molecule has 1 aliphatic rings. The Balaban J connectivity index is 1.86. The Labute approximate surface area is 162 Å². The highest BCUT2D eigenvalue weighted by Gasteiger charge is 2.32. The Morgan fingerprint density at radius 1 is 1.00 bits per heavy atom. The molecule has 2 aromatic rings. The Morgan fingerprint density at radius 3 is 2.50 bits per heavy atom. The van der Waals surface area contributed by atoms with Crippen LogP contribution in [0.4, 0.5) is 4.79 Å². The highest BCUT2D eigenvalue weighted by atomic mass is 16.5. The molecule has 7 nitrogen and oxygen atoms in total. The van der Waals surface area contributed by atoms with Crippen molar-refractivity contribution < 1.29 is 23.9 Å². The van der Waals surface area contributed by atoms with Crippen molar-refractivity contribution in [1.82, 2.24) is 10.6 Å². The van der Waals surface area contributed by atoms with Gasteiger partial charge in [-0.05, 0) is 30.2 Å². The second-order valence-electron chi connectivity index (χ2n) is 6.27. The second-order valence-corrected chi connectivity index (χ2v) is 6.27. The molecule has 28 heavy (non-hydrogen) atoms. The summed E-state index contributed by atoms with van der Waals surface area (Å²) in [5.74, 6) is -1.08. The van der Waals surface area contributed by atoms with Crippen molar-refractivity contribution >= 4 is 28.7 Å². The summed E-state index contributed by atoms with van der Waals surface area (Å²) < 4.78 is 10.5.